The van der Waals surface area contributed by atoms with Gasteiger partial charge in [0.25, 0.3) is 0 Å². The van der Waals surface area contributed by atoms with E-state index in [0.29, 0.717) is 5.41 Å². The maximum atomic E-state index is 11.1. The molecule has 76 valence electrons. The highest BCUT2D eigenvalue weighted by atomic mass is 16.6. The highest BCUT2D eigenvalue weighted by molar-refractivity contribution is 5.67. The largest absolute Gasteiger partial charge is 0.447 e. The molecule has 0 spiro atoms. The normalized spacial score (nSPS) is 18.5. The summed E-state index contributed by atoms with van der Waals surface area (Å²) in [5, 5.41) is 2.81. The van der Waals surface area contributed by atoms with E-state index in [-0.39, 0.29) is 12.2 Å². The third-order valence-electron chi connectivity index (χ3n) is 2.66. The van der Waals surface area contributed by atoms with Crippen LogP contribution < -0.4 is 5.32 Å². The van der Waals surface area contributed by atoms with Gasteiger partial charge in [0.05, 0.1) is 6.10 Å². The molecule has 1 aliphatic rings. The van der Waals surface area contributed by atoms with Crippen molar-refractivity contribution in [3.63, 3.8) is 0 Å². The summed E-state index contributed by atoms with van der Waals surface area (Å²) in [7, 11) is 0. The van der Waals surface area contributed by atoms with Crippen LogP contribution in [0.4, 0.5) is 4.79 Å². The van der Waals surface area contributed by atoms with Crippen molar-refractivity contribution in [3.05, 3.63) is 0 Å². The molecule has 1 rings (SSSR count). The maximum absolute atomic E-state index is 11.1. The van der Waals surface area contributed by atoms with Gasteiger partial charge in [0.2, 0.25) is 0 Å². The predicted molar refractivity (Wildman–Crippen MR) is 51.6 cm³/mol. The Labute approximate surface area is 79.8 Å². The average Bonchev–Trinajstić information content (AvgIpc) is 2.80. The van der Waals surface area contributed by atoms with Crippen molar-refractivity contribution in [2.45, 2.75) is 46.1 Å². The molecule has 1 N–H and O–H groups in total. The van der Waals surface area contributed by atoms with Gasteiger partial charge in [-0.3, -0.25) is 0 Å². The third kappa shape index (κ3) is 3.25. The van der Waals surface area contributed by atoms with Crippen molar-refractivity contribution in [2.24, 2.45) is 5.41 Å². The minimum Gasteiger partial charge on any atom is -0.447 e. The Kier molecular flexibility index (Phi) is 3.17. The molecule has 1 amide bonds. The van der Waals surface area contributed by atoms with E-state index in [9.17, 15) is 4.79 Å². The minimum atomic E-state index is -0.283. The zero-order valence-electron chi connectivity index (χ0n) is 8.72. The highest BCUT2D eigenvalue weighted by Crippen LogP contribution is 2.47. The van der Waals surface area contributed by atoms with Gasteiger partial charge in [0, 0.05) is 6.54 Å². The van der Waals surface area contributed by atoms with E-state index in [4.69, 9.17) is 4.74 Å². The lowest BCUT2D eigenvalue weighted by atomic mass is 10.0. The topological polar surface area (TPSA) is 38.3 Å². The quantitative estimate of drug-likeness (QED) is 0.730. The molecule has 0 aromatic rings. The average molecular weight is 185 g/mol. The van der Waals surface area contributed by atoms with Crippen LogP contribution in [-0.4, -0.2) is 18.7 Å². The first-order chi connectivity index (χ1) is 6.08. The molecule has 1 saturated carbocycles. The molecule has 0 aliphatic heterocycles. The molecular formula is C10H19NO2. The lowest BCUT2D eigenvalue weighted by molar-refractivity contribution is 0.113. The van der Waals surface area contributed by atoms with Gasteiger partial charge < -0.3 is 10.1 Å². The molecule has 3 nitrogen and oxygen atoms in total. The van der Waals surface area contributed by atoms with Crippen molar-refractivity contribution in [1.29, 1.82) is 0 Å². The van der Waals surface area contributed by atoms with Crippen LogP contribution in [0.2, 0.25) is 0 Å². The summed E-state index contributed by atoms with van der Waals surface area (Å²) in [6.45, 7) is 6.65. The maximum Gasteiger partial charge on any atom is 0.407 e. The van der Waals surface area contributed by atoms with Gasteiger partial charge >= 0.3 is 6.09 Å². The number of alkyl carbamates (subject to hydrolysis) is 1. The Morgan fingerprint density at radius 2 is 2.15 bits per heavy atom. The summed E-state index contributed by atoms with van der Waals surface area (Å²) in [5.41, 5.74) is 0.399. The lowest BCUT2D eigenvalue weighted by Crippen LogP contribution is -2.32. The number of nitrogens with one attached hydrogen (secondary N) is 1. The fraction of sp³-hybridized carbons (Fsp3) is 0.900. The van der Waals surface area contributed by atoms with E-state index in [0.717, 1.165) is 13.0 Å². The highest BCUT2D eigenvalue weighted by Gasteiger charge is 2.40. The van der Waals surface area contributed by atoms with Gasteiger partial charge in [-0.25, -0.2) is 4.79 Å². The van der Waals surface area contributed by atoms with Crippen molar-refractivity contribution in [1.82, 2.24) is 5.32 Å². The fourth-order valence-electron chi connectivity index (χ4n) is 1.35. The zero-order valence-corrected chi connectivity index (χ0v) is 8.72. The Morgan fingerprint density at radius 3 is 2.54 bits per heavy atom. The van der Waals surface area contributed by atoms with Crippen LogP contribution in [0.3, 0.4) is 0 Å². The molecule has 0 saturated heterocycles. The molecule has 0 bridgehead atoms. The van der Waals surface area contributed by atoms with Crippen LogP contribution in [-0.2, 0) is 4.74 Å². The number of carbonyl (C=O) groups is 1. The SMILES string of the molecule is CCC1(CNC(=O)OC(C)C)CC1. The monoisotopic (exact) mass is 185 g/mol. The van der Waals surface area contributed by atoms with Gasteiger partial charge in [0.15, 0.2) is 0 Å². The van der Waals surface area contributed by atoms with Gasteiger partial charge in [-0.1, -0.05) is 6.92 Å². The number of carbonyl (C=O) groups excluding carboxylic acids is 1. The van der Waals surface area contributed by atoms with E-state index < -0.39 is 0 Å². The second kappa shape index (κ2) is 3.99. The van der Waals surface area contributed by atoms with E-state index in [1.165, 1.54) is 12.8 Å². The van der Waals surface area contributed by atoms with Crippen LogP contribution in [0.1, 0.15) is 40.0 Å². The van der Waals surface area contributed by atoms with E-state index in [1.54, 1.807) is 0 Å². The molecular weight excluding hydrogens is 166 g/mol. The van der Waals surface area contributed by atoms with E-state index >= 15 is 0 Å². The van der Waals surface area contributed by atoms with Crippen LogP contribution in [0.25, 0.3) is 0 Å². The van der Waals surface area contributed by atoms with Gasteiger partial charge in [-0.05, 0) is 38.5 Å². The fourth-order valence-corrected chi connectivity index (χ4v) is 1.35. The molecule has 0 atom stereocenters. The van der Waals surface area contributed by atoms with Gasteiger partial charge in [-0.15, -0.1) is 0 Å². The van der Waals surface area contributed by atoms with Gasteiger partial charge in [-0.2, -0.15) is 0 Å². The summed E-state index contributed by atoms with van der Waals surface area (Å²) in [6, 6.07) is 0. The first-order valence-electron chi connectivity index (χ1n) is 5.02. The molecule has 13 heavy (non-hydrogen) atoms. The smallest absolute Gasteiger partial charge is 0.407 e. The lowest BCUT2D eigenvalue weighted by Gasteiger charge is -2.14. The van der Waals surface area contributed by atoms with Crippen LogP contribution >= 0.6 is 0 Å². The van der Waals surface area contributed by atoms with Crippen LogP contribution in [0.5, 0.6) is 0 Å². The second-order valence-electron chi connectivity index (χ2n) is 4.16. The zero-order chi connectivity index (χ0) is 9.90. The van der Waals surface area contributed by atoms with Crippen molar-refractivity contribution in [3.8, 4) is 0 Å². The number of rotatable bonds is 4. The number of hydrogen-bond donors (Lipinski definition) is 1. The third-order valence-corrected chi connectivity index (χ3v) is 2.66. The van der Waals surface area contributed by atoms with Crippen LogP contribution in [0, 0.1) is 5.41 Å². The van der Waals surface area contributed by atoms with Gasteiger partial charge in [0.1, 0.15) is 0 Å². The summed E-state index contributed by atoms with van der Waals surface area (Å²) in [4.78, 5) is 11.1. The minimum absolute atomic E-state index is 0.0308. The summed E-state index contributed by atoms with van der Waals surface area (Å²) in [5.74, 6) is 0. The summed E-state index contributed by atoms with van der Waals surface area (Å²) in [6.07, 6.45) is 3.32. The Bertz CT molecular complexity index is 185. The molecule has 3 heteroatoms. The van der Waals surface area contributed by atoms with E-state index in [2.05, 4.69) is 12.2 Å². The van der Waals surface area contributed by atoms with E-state index in [1.807, 2.05) is 13.8 Å². The number of amides is 1. The molecule has 0 unspecified atom stereocenters. The second-order valence-corrected chi connectivity index (χ2v) is 4.16. The Balaban J connectivity index is 2.15. The predicted octanol–water partition coefficient (Wildman–Crippen LogP) is 2.31. The number of hydrogen-bond acceptors (Lipinski definition) is 2. The first-order valence-corrected chi connectivity index (χ1v) is 5.02. The summed E-state index contributed by atoms with van der Waals surface area (Å²) >= 11 is 0. The molecule has 1 fully saturated rings. The molecule has 0 aromatic carbocycles. The Hall–Kier alpha value is -0.730. The molecule has 0 aromatic heterocycles. The van der Waals surface area contributed by atoms with Crippen LogP contribution in [0.15, 0.2) is 0 Å². The standard InChI is InChI=1S/C10H19NO2/c1-4-10(5-6-10)7-11-9(12)13-8(2)3/h8H,4-7H2,1-3H3,(H,11,12). The first kappa shape index (κ1) is 10.4. The van der Waals surface area contributed by atoms with Crippen molar-refractivity contribution < 1.29 is 9.53 Å². The summed E-state index contributed by atoms with van der Waals surface area (Å²) < 4.78 is 4.97. The Morgan fingerprint density at radius 1 is 1.54 bits per heavy atom. The van der Waals surface area contributed by atoms with Crippen molar-refractivity contribution >= 4 is 6.09 Å². The molecule has 0 radical (unpaired) electrons. The molecule has 0 heterocycles. The number of ether oxygens (including phenoxy) is 1. The molecule has 1 aliphatic carbocycles. The van der Waals surface area contributed by atoms with Crippen molar-refractivity contribution in [2.75, 3.05) is 6.54 Å².